The average molecular weight is 241 g/mol. The second-order valence-corrected chi connectivity index (χ2v) is 4.68. The van der Waals surface area contributed by atoms with Crippen LogP contribution < -0.4 is 0 Å². The van der Waals surface area contributed by atoms with Crippen LogP contribution in [0, 0.1) is 13.8 Å². The normalized spacial score (nSPS) is 10.9. The van der Waals surface area contributed by atoms with E-state index >= 15 is 0 Å². The molecule has 2 aromatic rings. The number of hydrogen-bond donors (Lipinski definition) is 1. The molecule has 0 aromatic heterocycles. The molecule has 0 aliphatic heterocycles. The van der Waals surface area contributed by atoms with Gasteiger partial charge in [0.05, 0.1) is 0 Å². The Hall–Kier alpha value is -1.64. The van der Waals surface area contributed by atoms with Gasteiger partial charge in [0.15, 0.2) is 0 Å². The first-order chi connectivity index (χ1) is 8.66. The molecule has 0 fully saturated rings. The number of hydrogen-bond acceptors (Lipinski definition) is 2. The smallest absolute Gasteiger partial charge is 0.0495 e. The maximum absolute atomic E-state index is 10.0. The number of benzene rings is 2. The van der Waals surface area contributed by atoms with E-state index in [4.69, 9.17) is 0 Å². The van der Waals surface area contributed by atoms with Crippen molar-refractivity contribution in [2.75, 3.05) is 0 Å². The number of hydroxylamine groups is 2. The van der Waals surface area contributed by atoms with E-state index in [9.17, 15) is 5.21 Å². The highest BCUT2D eigenvalue weighted by molar-refractivity contribution is 5.27. The van der Waals surface area contributed by atoms with Gasteiger partial charge in [0, 0.05) is 13.1 Å². The molecular weight excluding hydrogens is 222 g/mol. The highest BCUT2D eigenvalue weighted by atomic mass is 16.5. The predicted molar refractivity (Wildman–Crippen MR) is 73.4 cm³/mol. The molecule has 18 heavy (non-hydrogen) atoms. The Labute approximate surface area is 108 Å². The lowest BCUT2D eigenvalue weighted by Crippen LogP contribution is -2.19. The molecule has 0 amide bonds. The van der Waals surface area contributed by atoms with E-state index in [1.54, 1.807) is 0 Å². The van der Waals surface area contributed by atoms with E-state index in [1.807, 2.05) is 24.3 Å². The minimum absolute atomic E-state index is 0.557. The first kappa shape index (κ1) is 12.8. The Morgan fingerprint density at radius 2 is 1.17 bits per heavy atom. The zero-order chi connectivity index (χ0) is 13.0. The lowest BCUT2D eigenvalue weighted by Gasteiger charge is -2.17. The summed E-state index contributed by atoms with van der Waals surface area (Å²) < 4.78 is 0. The molecule has 0 aliphatic carbocycles. The largest absolute Gasteiger partial charge is 0.313 e. The summed E-state index contributed by atoms with van der Waals surface area (Å²) in [5.41, 5.74) is 4.74. The van der Waals surface area contributed by atoms with Gasteiger partial charge in [-0.1, -0.05) is 48.5 Å². The van der Waals surface area contributed by atoms with Gasteiger partial charge in [-0.05, 0) is 36.1 Å². The van der Waals surface area contributed by atoms with Crippen molar-refractivity contribution in [2.24, 2.45) is 0 Å². The molecule has 0 unspecified atom stereocenters. The topological polar surface area (TPSA) is 23.5 Å². The van der Waals surface area contributed by atoms with Crippen molar-refractivity contribution in [1.29, 1.82) is 0 Å². The van der Waals surface area contributed by atoms with Gasteiger partial charge >= 0.3 is 0 Å². The van der Waals surface area contributed by atoms with Gasteiger partial charge < -0.3 is 5.21 Å². The molecule has 0 spiro atoms. The Morgan fingerprint density at radius 1 is 0.778 bits per heavy atom. The maximum Gasteiger partial charge on any atom is 0.0495 e. The highest BCUT2D eigenvalue weighted by Gasteiger charge is 2.06. The fourth-order valence-corrected chi connectivity index (χ4v) is 2.02. The Balaban J connectivity index is 2.04. The number of rotatable bonds is 4. The van der Waals surface area contributed by atoms with Crippen LogP contribution in [0.4, 0.5) is 0 Å². The first-order valence-corrected chi connectivity index (χ1v) is 6.19. The molecule has 2 nitrogen and oxygen atoms in total. The van der Waals surface area contributed by atoms with Crippen molar-refractivity contribution in [3.63, 3.8) is 0 Å². The van der Waals surface area contributed by atoms with Crippen LogP contribution in [0.5, 0.6) is 0 Å². The van der Waals surface area contributed by atoms with Crippen LogP contribution in [0.25, 0.3) is 0 Å². The lowest BCUT2D eigenvalue weighted by molar-refractivity contribution is -0.108. The van der Waals surface area contributed by atoms with Gasteiger partial charge in [0.1, 0.15) is 0 Å². The molecule has 0 bridgehead atoms. The van der Waals surface area contributed by atoms with Crippen molar-refractivity contribution in [1.82, 2.24) is 5.06 Å². The van der Waals surface area contributed by atoms with E-state index < -0.39 is 0 Å². The molecule has 0 aliphatic rings. The van der Waals surface area contributed by atoms with Gasteiger partial charge in [0.2, 0.25) is 0 Å². The standard InChI is InChI=1S/C16H19NO/c1-13-7-3-5-9-15(13)11-17(18)12-16-10-6-4-8-14(16)2/h3-10,18H,11-12H2,1-2H3. The van der Waals surface area contributed by atoms with Crippen molar-refractivity contribution in [2.45, 2.75) is 26.9 Å². The third-order valence-electron chi connectivity index (χ3n) is 3.23. The second-order valence-electron chi connectivity index (χ2n) is 4.68. The summed E-state index contributed by atoms with van der Waals surface area (Å²) in [6.45, 7) is 5.25. The van der Waals surface area contributed by atoms with Gasteiger partial charge in [-0.3, -0.25) is 0 Å². The summed E-state index contributed by atoms with van der Waals surface area (Å²) in [5.74, 6) is 0. The SMILES string of the molecule is Cc1ccccc1CN(O)Cc1ccccc1C. The van der Waals surface area contributed by atoms with Crippen molar-refractivity contribution < 1.29 is 5.21 Å². The Kier molecular flexibility index (Phi) is 4.13. The Bertz CT molecular complexity index is 475. The molecule has 0 saturated carbocycles. The highest BCUT2D eigenvalue weighted by Crippen LogP contribution is 2.13. The van der Waals surface area contributed by atoms with Crippen LogP contribution in [-0.4, -0.2) is 10.3 Å². The van der Waals surface area contributed by atoms with Crippen LogP contribution in [0.3, 0.4) is 0 Å². The lowest BCUT2D eigenvalue weighted by atomic mass is 10.1. The van der Waals surface area contributed by atoms with Gasteiger partial charge in [0.25, 0.3) is 0 Å². The Morgan fingerprint density at radius 3 is 1.56 bits per heavy atom. The molecule has 2 heteroatoms. The van der Waals surface area contributed by atoms with E-state index in [-0.39, 0.29) is 0 Å². The van der Waals surface area contributed by atoms with Crippen molar-refractivity contribution in [3.05, 3.63) is 70.8 Å². The molecule has 0 radical (unpaired) electrons. The quantitative estimate of drug-likeness (QED) is 0.825. The number of aryl methyl sites for hydroxylation is 2. The van der Waals surface area contributed by atoms with E-state index in [0.717, 1.165) is 11.1 Å². The average Bonchev–Trinajstić information content (AvgIpc) is 2.35. The third kappa shape index (κ3) is 3.19. The van der Waals surface area contributed by atoms with Crippen molar-refractivity contribution >= 4 is 0 Å². The third-order valence-corrected chi connectivity index (χ3v) is 3.23. The summed E-state index contributed by atoms with van der Waals surface area (Å²) in [6.07, 6.45) is 0. The maximum atomic E-state index is 10.0. The van der Waals surface area contributed by atoms with Gasteiger partial charge in [-0.2, -0.15) is 5.06 Å². The fourth-order valence-electron chi connectivity index (χ4n) is 2.02. The van der Waals surface area contributed by atoms with Crippen LogP contribution in [0.2, 0.25) is 0 Å². The number of nitrogens with zero attached hydrogens (tertiary/aromatic N) is 1. The minimum Gasteiger partial charge on any atom is -0.313 e. The minimum atomic E-state index is 0.557. The molecule has 0 saturated heterocycles. The molecule has 2 rings (SSSR count). The van der Waals surface area contributed by atoms with Crippen molar-refractivity contribution in [3.8, 4) is 0 Å². The summed E-state index contributed by atoms with van der Waals surface area (Å²) in [6, 6.07) is 16.3. The second kappa shape index (κ2) is 5.80. The summed E-state index contributed by atoms with van der Waals surface area (Å²) in [7, 11) is 0. The van der Waals surface area contributed by atoms with E-state index in [2.05, 4.69) is 38.1 Å². The van der Waals surface area contributed by atoms with Crippen LogP contribution in [0.15, 0.2) is 48.5 Å². The van der Waals surface area contributed by atoms with Gasteiger partial charge in [-0.15, -0.1) is 0 Å². The first-order valence-electron chi connectivity index (χ1n) is 6.19. The fraction of sp³-hybridized carbons (Fsp3) is 0.250. The summed E-state index contributed by atoms with van der Waals surface area (Å²) in [5, 5.41) is 11.4. The molecule has 2 aromatic carbocycles. The zero-order valence-electron chi connectivity index (χ0n) is 10.9. The predicted octanol–water partition coefficient (Wildman–Crippen LogP) is 3.69. The van der Waals surface area contributed by atoms with Crippen LogP contribution >= 0.6 is 0 Å². The van der Waals surface area contributed by atoms with E-state index in [0.29, 0.717) is 13.1 Å². The molecular formula is C16H19NO. The van der Waals surface area contributed by atoms with E-state index in [1.165, 1.54) is 16.2 Å². The monoisotopic (exact) mass is 241 g/mol. The molecule has 1 N–H and O–H groups in total. The van der Waals surface area contributed by atoms with Crippen LogP contribution in [-0.2, 0) is 13.1 Å². The molecule has 94 valence electrons. The summed E-state index contributed by atoms with van der Waals surface area (Å²) in [4.78, 5) is 0. The zero-order valence-corrected chi connectivity index (χ0v) is 10.9. The van der Waals surface area contributed by atoms with Crippen LogP contribution in [0.1, 0.15) is 22.3 Å². The molecule has 0 atom stereocenters. The summed E-state index contributed by atoms with van der Waals surface area (Å²) >= 11 is 0. The van der Waals surface area contributed by atoms with Gasteiger partial charge in [-0.25, -0.2) is 0 Å². The molecule has 0 heterocycles.